The third-order valence-corrected chi connectivity index (χ3v) is 7.23. The number of anilines is 1. The van der Waals surface area contributed by atoms with Gasteiger partial charge in [0.1, 0.15) is 28.5 Å². The smallest absolute Gasteiger partial charge is 0.261 e. The first-order chi connectivity index (χ1) is 19.4. The van der Waals surface area contributed by atoms with Crippen LogP contribution >= 0.6 is 11.6 Å². The maximum Gasteiger partial charge on any atom is 0.261 e. The minimum absolute atomic E-state index is 0.127. The molecule has 9 nitrogen and oxygen atoms in total. The molecule has 0 saturated carbocycles. The molecule has 2 aliphatic heterocycles. The molecule has 1 aromatic heterocycles. The molecule has 10 heteroatoms. The van der Waals surface area contributed by atoms with Crippen LogP contribution in [-0.2, 0) is 4.74 Å². The van der Waals surface area contributed by atoms with Crippen LogP contribution in [0.1, 0.15) is 49.7 Å². The van der Waals surface area contributed by atoms with Crippen LogP contribution < -0.4 is 10.1 Å². The molecule has 3 amide bonds. The topological polar surface area (TPSA) is 111 Å². The van der Waals surface area contributed by atoms with Crippen molar-refractivity contribution in [1.29, 1.82) is 0 Å². The van der Waals surface area contributed by atoms with Crippen LogP contribution in [-0.4, -0.2) is 47.0 Å². The summed E-state index contributed by atoms with van der Waals surface area (Å²) in [6.45, 7) is 2.55. The first-order valence-electron chi connectivity index (χ1n) is 12.8. The highest BCUT2D eigenvalue weighted by Crippen LogP contribution is 2.33. The molecular formula is C30H24ClN3O6. The van der Waals surface area contributed by atoms with Crippen LogP contribution in [0.4, 0.5) is 5.69 Å². The number of carbonyl (C=O) groups is 3. The summed E-state index contributed by atoms with van der Waals surface area (Å²) in [6, 6.07) is 18.7. The molecule has 0 bridgehead atoms. The third kappa shape index (κ3) is 4.85. The van der Waals surface area contributed by atoms with Crippen molar-refractivity contribution >= 4 is 35.0 Å². The maximum absolute atomic E-state index is 13.2. The Morgan fingerprint density at radius 1 is 1.02 bits per heavy atom. The first kappa shape index (κ1) is 25.8. The summed E-state index contributed by atoms with van der Waals surface area (Å²) >= 11 is 6.32. The molecule has 3 heterocycles. The number of halogens is 1. The minimum Gasteiger partial charge on any atom is -0.457 e. The van der Waals surface area contributed by atoms with E-state index in [-0.39, 0.29) is 30.0 Å². The molecule has 6 rings (SSSR count). The summed E-state index contributed by atoms with van der Waals surface area (Å²) in [5, 5.41) is 7.35. The van der Waals surface area contributed by atoms with Gasteiger partial charge in [0.2, 0.25) is 0 Å². The average molecular weight is 558 g/mol. The standard InChI is InChI=1S/C30H24ClN3O6/c1-17-26(27(33-40-17)23-9-2-3-10-25(23)31)28(35)32-18-6-4-7-19(14-18)39-20-11-12-22-24(15-20)30(37)34(29(22)36)16-21-8-5-13-38-21/h2-4,6-7,9-12,14-15,21H,5,8,13,16H2,1H3,(H,32,35). The van der Waals surface area contributed by atoms with Crippen molar-refractivity contribution in [2.24, 2.45) is 0 Å². The number of imide groups is 1. The second-order valence-electron chi connectivity index (χ2n) is 9.59. The number of hydrogen-bond acceptors (Lipinski definition) is 7. The molecule has 0 aliphatic carbocycles. The van der Waals surface area contributed by atoms with Crippen LogP contribution in [0.3, 0.4) is 0 Å². The van der Waals surface area contributed by atoms with E-state index in [1.54, 1.807) is 73.7 Å². The monoisotopic (exact) mass is 557 g/mol. The van der Waals surface area contributed by atoms with Crippen molar-refractivity contribution in [3.05, 3.63) is 94.2 Å². The normalized spacial score (nSPS) is 16.4. The van der Waals surface area contributed by atoms with Gasteiger partial charge in [-0.2, -0.15) is 0 Å². The number of fused-ring (bicyclic) bond motifs is 1. The van der Waals surface area contributed by atoms with Crippen molar-refractivity contribution in [2.45, 2.75) is 25.9 Å². The van der Waals surface area contributed by atoms with Gasteiger partial charge in [-0.3, -0.25) is 19.3 Å². The largest absolute Gasteiger partial charge is 0.457 e. The summed E-state index contributed by atoms with van der Waals surface area (Å²) in [5.74, 6) is 0.0640. The molecule has 1 atom stereocenters. The Hall–Kier alpha value is -4.47. The number of amides is 3. The Morgan fingerprint density at radius 3 is 2.62 bits per heavy atom. The predicted octanol–water partition coefficient (Wildman–Crippen LogP) is 6.12. The molecule has 1 saturated heterocycles. The Bertz CT molecular complexity index is 1640. The van der Waals surface area contributed by atoms with Gasteiger partial charge in [-0.1, -0.05) is 41.0 Å². The average Bonchev–Trinajstić information content (AvgIpc) is 3.65. The van der Waals surface area contributed by atoms with Crippen molar-refractivity contribution < 1.29 is 28.4 Å². The Kier molecular flexibility index (Phi) is 6.83. The van der Waals surface area contributed by atoms with E-state index in [4.69, 9.17) is 25.6 Å². The van der Waals surface area contributed by atoms with E-state index in [1.807, 2.05) is 0 Å². The van der Waals surface area contributed by atoms with Gasteiger partial charge in [0.05, 0.1) is 28.8 Å². The molecule has 40 heavy (non-hydrogen) atoms. The van der Waals surface area contributed by atoms with E-state index in [9.17, 15) is 14.4 Å². The van der Waals surface area contributed by atoms with E-state index < -0.39 is 5.91 Å². The number of aromatic nitrogens is 1. The molecule has 4 aromatic rings. The van der Waals surface area contributed by atoms with Crippen LogP contribution in [0, 0.1) is 6.92 Å². The fourth-order valence-electron chi connectivity index (χ4n) is 4.93. The lowest BCUT2D eigenvalue weighted by molar-refractivity contribution is 0.0475. The van der Waals surface area contributed by atoms with Crippen LogP contribution in [0.15, 0.2) is 71.3 Å². The number of ether oxygens (including phenoxy) is 2. The highest BCUT2D eigenvalue weighted by atomic mass is 35.5. The van der Waals surface area contributed by atoms with E-state index in [0.717, 1.165) is 12.8 Å². The Labute approximate surface area is 234 Å². The van der Waals surface area contributed by atoms with Gasteiger partial charge in [-0.15, -0.1) is 0 Å². The first-order valence-corrected chi connectivity index (χ1v) is 13.2. The maximum atomic E-state index is 13.2. The van der Waals surface area contributed by atoms with Gasteiger partial charge >= 0.3 is 0 Å². The van der Waals surface area contributed by atoms with Crippen molar-refractivity contribution in [3.8, 4) is 22.8 Å². The fourth-order valence-corrected chi connectivity index (χ4v) is 5.16. The van der Waals surface area contributed by atoms with Crippen molar-refractivity contribution in [2.75, 3.05) is 18.5 Å². The molecule has 1 fully saturated rings. The van der Waals surface area contributed by atoms with Crippen molar-refractivity contribution in [3.63, 3.8) is 0 Å². The number of carbonyl (C=O) groups excluding carboxylic acids is 3. The zero-order chi connectivity index (χ0) is 27.8. The number of benzene rings is 3. The van der Waals surface area contributed by atoms with Gasteiger partial charge < -0.3 is 19.3 Å². The summed E-state index contributed by atoms with van der Waals surface area (Å²) < 4.78 is 16.9. The van der Waals surface area contributed by atoms with Crippen LogP contribution in [0.5, 0.6) is 11.5 Å². The zero-order valence-corrected chi connectivity index (χ0v) is 22.2. The highest BCUT2D eigenvalue weighted by molar-refractivity contribution is 6.33. The molecule has 0 spiro atoms. The lowest BCUT2D eigenvalue weighted by atomic mass is 10.1. The van der Waals surface area contributed by atoms with Crippen LogP contribution in [0.2, 0.25) is 5.02 Å². The SMILES string of the molecule is Cc1onc(-c2ccccc2Cl)c1C(=O)Nc1cccc(Oc2ccc3c(c2)C(=O)N(CC2CCCO2)C3=O)c1. The molecule has 202 valence electrons. The second-order valence-corrected chi connectivity index (χ2v) is 10.00. The molecule has 1 N–H and O–H groups in total. The summed E-state index contributed by atoms with van der Waals surface area (Å²) in [6.07, 6.45) is 1.62. The molecule has 1 unspecified atom stereocenters. The Balaban J connectivity index is 1.18. The molecule has 2 aliphatic rings. The van der Waals surface area contributed by atoms with Gasteiger partial charge in [0.15, 0.2) is 0 Å². The van der Waals surface area contributed by atoms with Gasteiger partial charge in [-0.25, -0.2) is 0 Å². The molecule has 3 aromatic carbocycles. The minimum atomic E-state index is -0.418. The number of nitrogens with one attached hydrogen (secondary N) is 1. The fraction of sp³-hybridized carbons (Fsp3) is 0.200. The van der Waals surface area contributed by atoms with Crippen molar-refractivity contribution in [1.82, 2.24) is 10.1 Å². The number of aryl methyl sites for hydroxylation is 1. The third-order valence-electron chi connectivity index (χ3n) is 6.90. The summed E-state index contributed by atoms with van der Waals surface area (Å²) in [4.78, 5) is 40.3. The van der Waals surface area contributed by atoms with E-state index in [0.29, 0.717) is 57.0 Å². The molecule has 0 radical (unpaired) electrons. The predicted molar refractivity (Wildman–Crippen MR) is 147 cm³/mol. The van der Waals surface area contributed by atoms with Gasteiger partial charge in [0.25, 0.3) is 17.7 Å². The summed E-state index contributed by atoms with van der Waals surface area (Å²) in [7, 11) is 0. The molecular weight excluding hydrogens is 534 g/mol. The van der Waals surface area contributed by atoms with E-state index in [2.05, 4.69) is 10.5 Å². The number of rotatable bonds is 7. The number of hydrogen-bond donors (Lipinski definition) is 1. The van der Waals surface area contributed by atoms with E-state index >= 15 is 0 Å². The van der Waals surface area contributed by atoms with Crippen LogP contribution in [0.25, 0.3) is 11.3 Å². The second kappa shape index (κ2) is 10.6. The lowest BCUT2D eigenvalue weighted by Gasteiger charge is -2.17. The highest BCUT2D eigenvalue weighted by Gasteiger charge is 2.37. The Morgan fingerprint density at radius 2 is 1.82 bits per heavy atom. The zero-order valence-electron chi connectivity index (χ0n) is 21.5. The van der Waals surface area contributed by atoms with Gasteiger partial charge in [0, 0.05) is 23.9 Å². The van der Waals surface area contributed by atoms with E-state index in [1.165, 1.54) is 4.90 Å². The number of nitrogens with zero attached hydrogens (tertiary/aromatic N) is 2. The summed E-state index contributed by atoms with van der Waals surface area (Å²) in [5.41, 5.74) is 2.31. The quantitative estimate of drug-likeness (QED) is 0.272. The lowest BCUT2D eigenvalue weighted by Crippen LogP contribution is -2.36. The van der Waals surface area contributed by atoms with Gasteiger partial charge in [-0.05, 0) is 56.2 Å².